The van der Waals surface area contributed by atoms with E-state index < -0.39 is 12.0 Å². The smallest absolute Gasteiger partial charge is 0.326 e. The van der Waals surface area contributed by atoms with Crippen molar-refractivity contribution in [1.82, 2.24) is 9.47 Å². The van der Waals surface area contributed by atoms with Crippen molar-refractivity contribution in [2.45, 2.75) is 24.8 Å². The minimum atomic E-state index is -0.817. The molecule has 1 unspecified atom stereocenters. The summed E-state index contributed by atoms with van der Waals surface area (Å²) in [5.74, 6) is -0.0379. The molecule has 2 aromatic heterocycles. The number of hydrogen-bond acceptors (Lipinski definition) is 4. The van der Waals surface area contributed by atoms with Gasteiger partial charge in [-0.2, -0.15) is 0 Å². The number of benzene rings is 1. The summed E-state index contributed by atoms with van der Waals surface area (Å²) in [5.41, 5.74) is 3.43. The number of carboxylic acid groups (broad SMARTS) is 1. The van der Waals surface area contributed by atoms with Crippen LogP contribution in [0.5, 0.6) is 0 Å². The SMILES string of the molecule is Cn1c2c(c3ccccc31)CC(C(=O)O)N(C(=S)SCc1cccs1)C2. The van der Waals surface area contributed by atoms with Crippen molar-refractivity contribution in [2.75, 3.05) is 0 Å². The number of thiocarbonyl (C=S) groups is 1. The van der Waals surface area contributed by atoms with Crippen LogP contribution in [-0.4, -0.2) is 30.9 Å². The highest BCUT2D eigenvalue weighted by molar-refractivity contribution is 8.22. The van der Waals surface area contributed by atoms with Gasteiger partial charge >= 0.3 is 5.97 Å². The van der Waals surface area contributed by atoms with E-state index in [1.807, 2.05) is 35.5 Å². The van der Waals surface area contributed by atoms with Crippen molar-refractivity contribution in [3.8, 4) is 0 Å². The summed E-state index contributed by atoms with van der Waals surface area (Å²) in [6.45, 7) is 0.535. The Kier molecular flexibility index (Phi) is 4.77. The first kappa shape index (κ1) is 17.6. The highest BCUT2D eigenvalue weighted by Gasteiger charge is 2.35. The average molecular weight is 403 g/mol. The van der Waals surface area contributed by atoms with Crippen molar-refractivity contribution >= 4 is 56.5 Å². The van der Waals surface area contributed by atoms with Gasteiger partial charge in [-0.1, -0.05) is 48.2 Å². The summed E-state index contributed by atoms with van der Waals surface area (Å²) in [5, 5.41) is 13.0. The molecule has 0 fully saturated rings. The third kappa shape index (κ3) is 3.04. The van der Waals surface area contributed by atoms with Gasteiger partial charge in [0.05, 0.1) is 6.54 Å². The molecule has 4 rings (SSSR count). The first-order chi connectivity index (χ1) is 12.6. The van der Waals surface area contributed by atoms with Gasteiger partial charge in [0.25, 0.3) is 0 Å². The third-order valence-electron chi connectivity index (χ3n) is 4.88. The number of aliphatic carboxylic acids is 1. The van der Waals surface area contributed by atoms with Gasteiger partial charge in [-0.15, -0.1) is 11.3 Å². The van der Waals surface area contributed by atoms with Crippen LogP contribution in [0, 0.1) is 0 Å². The van der Waals surface area contributed by atoms with E-state index in [9.17, 15) is 9.90 Å². The Morgan fingerprint density at radius 3 is 2.88 bits per heavy atom. The van der Waals surface area contributed by atoms with Gasteiger partial charge in [0.1, 0.15) is 10.4 Å². The van der Waals surface area contributed by atoms with Crippen LogP contribution in [0.2, 0.25) is 0 Å². The lowest BCUT2D eigenvalue weighted by molar-refractivity contribution is -0.142. The number of nitrogens with zero attached hydrogens (tertiary/aromatic N) is 2. The summed E-state index contributed by atoms with van der Waals surface area (Å²) >= 11 is 8.86. The fraction of sp³-hybridized carbons (Fsp3) is 0.263. The molecule has 1 aliphatic heterocycles. The Morgan fingerprint density at radius 1 is 1.35 bits per heavy atom. The quantitative estimate of drug-likeness (QED) is 0.663. The zero-order valence-corrected chi connectivity index (χ0v) is 16.7. The van der Waals surface area contributed by atoms with Gasteiger partial charge in [-0.3, -0.25) is 0 Å². The molecule has 0 saturated carbocycles. The van der Waals surface area contributed by atoms with Crippen LogP contribution in [-0.2, 0) is 30.6 Å². The first-order valence-electron chi connectivity index (χ1n) is 8.30. The molecule has 134 valence electrons. The summed E-state index contributed by atoms with van der Waals surface area (Å²) in [4.78, 5) is 15.1. The number of rotatable bonds is 3. The number of fused-ring (bicyclic) bond motifs is 3. The van der Waals surface area contributed by atoms with E-state index in [4.69, 9.17) is 12.2 Å². The van der Waals surface area contributed by atoms with E-state index in [0.29, 0.717) is 17.3 Å². The van der Waals surface area contributed by atoms with Crippen LogP contribution in [0.3, 0.4) is 0 Å². The lowest BCUT2D eigenvalue weighted by Gasteiger charge is -2.35. The van der Waals surface area contributed by atoms with Crippen molar-refractivity contribution < 1.29 is 9.90 Å². The maximum atomic E-state index is 11.9. The van der Waals surface area contributed by atoms with Gasteiger partial charge in [-0.05, 0) is 23.1 Å². The first-order valence-corrected chi connectivity index (χ1v) is 10.6. The van der Waals surface area contributed by atoms with E-state index in [0.717, 1.165) is 27.9 Å². The molecule has 0 saturated heterocycles. The number of para-hydroxylation sites is 1. The Morgan fingerprint density at radius 2 is 2.15 bits per heavy atom. The number of thiophene rings is 1. The molecule has 1 N–H and O–H groups in total. The van der Waals surface area contributed by atoms with E-state index in [1.54, 1.807) is 23.1 Å². The van der Waals surface area contributed by atoms with Gasteiger partial charge in [0.2, 0.25) is 0 Å². The van der Waals surface area contributed by atoms with Crippen molar-refractivity contribution in [3.05, 3.63) is 57.9 Å². The molecule has 26 heavy (non-hydrogen) atoms. The highest BCUT2D eigenvalue weighted by atomic mass is 32.2. The summed E-state index contributed by atoms with van der Waals surface area (Å²) in [7, 11) is 2.04. The van der Waals surface area contributed by atoms with Crippen LogP contribution in [0.4, 0.5) is 0 Å². The molecule has 3 aromatic rings. The molecule has 0 bridgehead atoms. The number of aromatic nitrogens is 1. The van der Waals surface area contributed by atoms with Gasteiger partial charge in [0.15, 0.2) is 0 Å². The van der Waals surface area contributed by atoms with Gasteiger partial charge in [-0.25, -0.2) is 4.79 Å². The van der Waals surface area contributed by atoms with Gasteiger partial charge < -0.3 is 14.6 Å². The fourth-order valence-electron chi connectivity index (χ4n) is 3.55. The predicted octanol–water partition coefficient (Wildman–Crippen LogP) is 4.27. The average Bonchev–Trinajstić information content (AvgIpc) is 3.26. The minimum absolute atomic E-state index is 0.478. The second kappa shape index (κ2) is 7.06. The van der Waals surface area contributed by atoms with Crippen LogP contribution in [0.1, 0.15) is 16.1 Å². The lowest BCUT2D eigenvalue weighted by atomic mass is 9.97. The van der Waals surface area contributed by atoms with Crippen molar-refractivity contribution in [2.24, 2.45) is 7.05 Å². The number of carbonyl (C=O) groups is 1. The Bertz CT molecular complexity index is 978. The van der Waals surface area contributed by atoms with E-state index >= 15 is 0 Å². The number of hydrogen-bond donors (Lipinski definition) is 1. The molecular formula is C19H18N2O2S3. The van der Waals surface area contributed by atoms with E-state index in [-0.39, 0.29) is 0 Å². The molecule has 0 amide bonds. The van der Waals surface area contributed by atoms with Crippen LogP contribution in [0.25, 0.3) is 10.9 Å². The minimum Gasteiger partial charge on any atom is -0.480 e. The molecule has 1 aliphatic rings. The molecule has 0 aliphatic carbocycles. The standard InChI is InChI=1S/C19H18N2O2S3/c1-20-15-7-3-2-6-13(15)14-9-16(18(22)23)21(10-17(14)20)19(24)26-11-12-5-4-8-25-12/h2-8,16H,9-11H2,1H3,(H,22,23). The van der Waals surface area contributed by atoms with E-state index in [1.165, 1.54) is 4.88 Å². The van der Waals surface area contributed by atoms with Crippen LogP contribution >= 0.6 is 35.3 Å². The topological polar surface area (TPSA) is 45.5 Å². The monoisotopic (exact) mass is 402 g/mol. The molecule has 1 atom stereocenters. The second-order valence-corrected chi connectivity index (χ2v) is 8.96. The Balaban J connectivity index is 1.65. The number of thioether (sulfide) groups is 1. The maximum Gasteiger partial charge on any atom is 0.326 e. The van der Waals surface area contributed by atoms with E-state index in [2.05, 4.69) is 22.8 Å². The van der Waals surface area contributed by atoms with Crippen LogP contribution < -0.4 is 0 Å². The zero-order valence-electron chi connectivity index (χ0n) is 14.2. The largest absolute Gasteiger partial charge is 0.480 e. The summed E-state index contributed by atoms with van der Waals surface area (Å²) < 4.78 is 2.82. The molecular weight excluding hydrogens is 384 g/mol. The maximum absolute atomic E-state index is 11.9. The number of carboxylic acids is 1. The van der Waals surface area contributed by atoms with Crippen molar-refractivity contribution in [3.63, 3.8) is 0 Å². The Hall–Kier alpha value is -1.83. The van der Waals surface area contributed by atoms with Gasteiger partial charge in [0, 0.05) is 40.7 Å². The normalized spacial score (nSPS) is 16.7. The highest BCUT2D eigenvalue weighted by Crippen LogP contribution is 2.34. The zero-order chi connectivity index (χ0) is 18.3. The Labute approximate surface area is 165 Å². The summed E-state index contributed by atoms with van der Waals surface area (Å²) in [6.07, 6.45) is 0.478. The lowest BCUT2D eigenvalue weighted by Crippen LogP contribution is -2.47. The fourth-order valence-corrected chi connectivity index (χ4v) is 5.58. The second-order valence-electron chi connectivity index (χ2n) is 6.32. The molecule has 0 spiro atoms. The number of aryl methyl sites for hydroxylation is 1. The molecule has 3 heterocycles. The predicted molar refractivity (Wildman–Crippen MR) is 112 cm³/mol. The summed E-state index contributed by atoms with van der Waals surface area (Å²) in [6, 6.07) is 11.7. The molecule has 4 nitrogen and oxygen atoms in total. The molecule has 1 aromatic carbocycles. The third-order valence-corrected chi connectivity index (χ3v) is 7.46. The van der Waals surface area contributed by atoms with Crippen molar-refractivity contribution in [1.29, 1.82) is 0 Å². The molecule has 7 heteroatoms. The molecule has 0 radical (unpaired) electrons. The van der Waals surface area contributed by atoms with Crippen LogP contribution in [0.15, 0.2) is 41.8 Å².